The monoisotopic (exact) mass is 401 g/mol. The summed E-state index contributed by atoms with van der Waals surface area (Å²) < 4.78 is 5.73. The number of benzene rings is 1. The number of nitrogens with zero attached hydrogens (tertiary/aromatic N) is 2. The summed E-state index contributed by atoms with van der Waals surface area (Å²) in [7, 11) is 0. The summed E-state index contributed by atoms with van der Waals surface area (Å²) in [6.07, 6.45) is 3.51. The summed E-state index contributed by atoms with van der Waals surface area (Å²) in [6.45, 7) is 11.1. The van der Waals surface area contributed by atoms with E-state index in [0.717, 1.165) is 12.0 Å². The van der Waals surface area contributed by atoms with Gasteiger partial charge in [-0.05, 0) is 41.4 Å². The molecule has 1 N–H and O–H groups in total. The minimum absolute atomic E-state index is 0.0326. The van der Waals surface area contributed by atoms with Crippen molar-refractivity contribution in [3.8, 4) is 11.5 Å². The summed E-state index contributed by atoms with van der Waals surface area (Å²) in [5, 5.41) is 11.8. The Labute approximate surface area is 172 Å². The van der Waals surface area contributed by atoms with Crippen LogP contribution in [-0.4, -0.2) is 27.9 Å². The zero-order chi connectivity index (χ0) is 20.3. The molecule has 1 aromatic heterocycles. The van der Waals surface area contributed by atoms with Crippen LogP contribution in [0.25, 0.3) is 11.5 Å². The molecule has 1 amide bonds. The van der Waals surface area contributed by atoms with E-state index in [9.17, 15) is 4.79 Å². The Hall–Kier alpha value is -1.82. The molecule has 6 heteroatoms. The fourth-order valence-electron chi connectivity index (χ4n) is 3.66. The molecule has 0 radical (unpaired) electrons. The first-order valence-electron chi connectivity index (χ1n) is 10.1. The van der Waals surface area contributed by atoms with E-state index in [0.29, 0.717) is 28.7 Å². The van der Waals surface area contributed by atoms with Crippen molar-refractivity contribution in [3.05, 3.63) is 29.8 Å². The number of carbonyl (C=O) groups excluding carboxylic acids is 1. The van der Waals surface area contributed by atoms with Gasteiger partial charge in [0.2, 0.25) is 11.8 Å². The minimum atomic E-state index is 0.0326. The van der Waals surface area contributed by atoms with Gasteiger partial charge >= 0.3 is 0 Å². The molecular formula is C22H31N3O2S. The summed E-state index contributed by atoms with van der Waals surface area (Å²) >= 11 is 1.29. The van der Waals surface area contributed by atoms with Gasteiger partial charge < -0.3 is 9.73 Å². The van der Waals surface area contributed by atoms with E-state index in [1.54, 1.807) is 0 Å². The summed E-state index contributed by atoms with van der Waals surface area (Å²) in [5.74, 6) is 1.99. The average Bonchev–Trinajstić information content (AvgIpc) is 3.12. The highest BCUT2D eigenvalue weighted by atomic mass is 32.2. The van der Waals surface area contributed by atoms with Gasteiger partial charge in [0.15, 0.2) is 0 Å². The van der Waals surface area contributed by atoms with Crippen molar-refractivity contribution in [3.63, 3.8) is 0 Å². The van der Waals surface area contributed by atoms with Crippen LogP contribution in [0, 0.1) is 11.8 Å². The van der Waals surface area contributed by atoms with Crippen LogP contribution in [0.2, 0.25) is 0 Å². The van der Waals surface area contributed by atoms with E-state index in [-0.39, 0.29) is 17.4 Å². The van der Waals surface area contributed by atoms with Crippen LogP contribution in [0.4, 0.5) is 0 Å². The van der Waals surface area contributed by atoms with Crippen molar-refractivity contribution >= 4 is 17.7 Å². The van der Waals surface area contributed by atoms with E-state index in [1.807, 2.05) is 12.1 Å². The molecule has 2 aromatic rings. The van der Waals surface area contributed by atoms with Gasteiger partial charge in [0.25, 0.3) is 5.22 Å². The minimum Gasteiger partial charge on any atom is -0.411 e. The molecule has 1 aromatic carbocycles. The fraction of sp³-hybridized carbons (Fsp3) is 0.591. The first kappa shape index (κ1) is 20.9. The third-order valence-electron chi connectivity index (χ3n) is 5.78. The second-order valence-electron chi connectivity index (χ2n) is 8.93. The normalized spacial score (nSPS) is 22.8. The van der Waals surface area contributed by atoms with Gasteiger partial charge in [0.05, 0.1) is 5.75 Å². The quantitative estimate of drug-likeness (QED) is 0.709. The zero-order valence-electron chi connectivity index (χ0n) is 17.5. The Bertz CT molecular complexity index is 795. The van der Waals surface area contributed by atoms with E-state index in [2.05, 4.69) is 62.3 Å². The third-order valence-corrected chi connectivity index (χ3v) is 6.60. The van der Waals surface area contributed by atoms with Gasteiger partial charge in [-0.1, -0.05) is 71.4 Å². The van der Waals surface area contributed by atoms with Crippen LogP contribution in [0.1, 0.15) is 59.4 Å². The second kappa shape index (κ2) is 8.68. The lowest BCUT2D eigenvalue weighted by Gasteiger charge is -2.34. The lowest BCUT2D eigenvalue weighted by Crippen LogP contribution is -2.44. The van der Waals surface area contributed by atoms with E-state index >= 15 is 0 Å². The second-order valence-corrected chi connectivity index (χ2v) is 9.86. The topological polar surface area (TPSA) is 68.0 Å². The first-order valence-corrected chi connectivity index (χ1v) is 11.1. The molecule has 1 aliphatic carbocycles. The number of rotatable bonds is 5. The SMILES string of the molecule is C[C@H]1[C@@H](NC(=O)CSc2nnc(-c3ccc(C(C)(C)C)cc3)o2)CCC[C@@H]1C. The number of carbonyl (C=O) groups is 1. The molecular weight excluding hydrogens is 370 g/mol. The smallest absolute Gasteiger partial charge is 0.277 e. The Balaban J connectivity index is 1.54. The summed E-state index contributed by atoms with van der Waals surface area (Å²) in [5.41, 5.74) is 2.25. The Morgan fingerprint density at radius 3 is 2.57 bits per heavy atom. The number of hydrogen-bond donors (Lipinski definition) is 1. The van der Waals surface area contributed by atoms with Crippen molar-refractivity contribution in [1.82, 2.24) is 15.5 Å². The van der Waals surface area contributed by atoms with Crippen molar-refractivity contribution in [2.75, 3.05) is 5.75 Å². The van der Waals surface area contributed by atoms with Crippen molar-refractivity contribution in [2.45, 2.75) is 70.6 Å². The highest BCUT2D eigenvalue weighted by Gasteiger charge is 2.28. The molecule has 1 aliphatic rings. The van der Waals surface area contributed by atoms with Gasteiger partial charge in [0, 0.05) is 11.6 Å². The molecule has 0 unspecified atom stereocenters. The number of amides is 1. The molecule has 1 saturated carbocycles. The number of nitrogens with one attached hydrogen (secondary N) is 1. The van der Waals surface area contributed by atoms with Crippen LogP contribution < -0.4 is 5.32 Å². The maximum atomic E-state index is 12.3. The molecule has 0 spiro atoms. The Morgan fingerprint density at radius 2 is 1.89 bits per heavy atom. The highest BCUT2D eigenvalue weighted by Crippen LogP contribution is 2.30. The Kier molecular flexibility index (Phi) is 6.48. The summed E-state index contributed by atoms with van der Waals surface area (Å²) in [4.78, 5) is 12.3. The van der Waals surface area contributed by atoms with E-state index < -0.39 is 0 Å². The third kappa shape index (κ3) is 5.16. The zero-order valence-corrected chi connectivity index (χ0v) is 18.3. The molecule has 0 bridgehead atoms. The van der Waals surface area contributed by atoms with Crippen LogP contribution in [-0.2, 0) is 10.2 Å². The number of aromatic nitrogens is 2. The maximum absolute atomic E-state index is 12.3. The van der Waals surface area contributed by atoms with Gasteiger partial charge in [-0.3, -0.25) is 4.79 Å². The molecule has 5 nitrogen and oxygen atoms in total. The lowest BCUT2D eigenvalue weighted by molar-refractivity contribution is -0.120. The maximum Gasteiger partial charge on any atom is 0.277 e. The van der Waals surface area contributed by atoms with Crippen molar-refractivity contribution in [1.29, 1.82) is 0 Å². The van der Waals surface area contributed by atoms with Crippen LogP contribution >= 0.6 is 11.8 Å². The molecule has 0 aliphatic heterocycles. The molecule has 1 fully saturated rings. The molecule has 0 saturated heterocycles. The van der Waals surface area contributed by atoms with Crippen molar-refractivity contribution < 1.29 is 9.21 Å². The van der Waals surface area contributed by atoms with Gasteiger partial charge in [0.1, 0.15) is 0 Å². The molecule has 1 heterocycles. The Morgan fingerprint density at radius 1 is 1.18 bits per heavy atom. The fourth-order valence-corrected chi connectivity index (χ4v) is 4.23. The van der Waals surface area contributed by atoms with Crippen LogP contribution in [0.5, 0.6) is 0 Å². The largest absolute Gasteiger partial charge is 0.411 e. The average molecular weight is 402 g/mol. The predicted molar refractivity (Wildman–Crippen MR) is 113 cm³/mol. The van der Waals surface area contributed by atoms with Gasteiger partial charge in [-0.2, -0.15) is 0 Å². The molecule has 28 heavy (non-hydrogen) atoms. The molecule has 3 atom stereocenters. The standard InChI is InChI=1S/C22H31N3O2S/c1-14-7-6-8-18(15(14)2)23-19(26)13-28-21-25-24-20(27-21)16-9-11-17(12-10-16)22(3,4)5/h9-12,14-15,18H,6-8,13H2,1-5H3,(H,23,26)/t14-,15+,18-/m0/s1. The number of thioether (sulfide) groups is 1. The first-order chi connectivity index (χ1) is 13.2. The van der Waals surface area contributed by atoms with Crippen LogP contribution in [0.15, 0.2) is 33.9 Å². The summed E-state index contributed by atoms with van der Waals surface area (Å²) in [6, 6.07) is 8.46. The lowest BCUT2D eigenvalue weighted by atomic mass is 9.78. The molecule has 3 rings (SSSR count). The number of hydrogen-bond acceptors (Lipinski definition) is 5. The van der Waals surface area contributed by atoms with Crippen LogP contribution in [0.3, 0.4) is 0 Å². The predicted octanol–water partition coefficient (Wildman–Crippen LogP) is 5.07. The van der Waals surface area contributed by atoms with Crippen molar-refractivity contribution in [2.24, 2.45) is 11.8 Å². The highest BCUT2D eigenvalue weighted by molar-refractivity contribution is 7.99. The molecule has 152 valence electrons. The van der Waals surface area contributed by atoms with Gasteiger partial charge in [-0.25, -0.2) is 0 Å². The van der Waals surface area contributed by atoms with E-state index in [4.69, 9.17) is 4.42 Å². The van der Waals surface area contributed by atoms with Gasteiger partial charge in [-0.15, -0.1) is 10.2 Å². The van der Waals surface area contributed by atoms with E-state index in [1.165, 1.54) is 30.2 Å².